The zero-order chi connectivity index (χ0) is 22.5. The van der Waals surface area contributed by atoms with Crippen molar-refractivity contribution in [1.82, 2.24) is 9.78 Å². The van der Waals surface area contributed by atoms with Gasteiger partial charge in [-0.1, -0.05) is 33.6 Å². The summed E-state index contributed by atoms with van der Waals surface area (Å²) in [6, 6.07) is 12.2. The number of aromatic nitrogens is 2. The lowest BCUT2D eigenvalue weighted by atomic mass is 10.2. The highest BCUT2D eigenvalue weighted by Gasteiger charge is 2.16. The zero-order valence-corrected chi connectivity index (χ0v) is 18.9. The second kappa shape index (κ2) is 9.70. The van der Waals surface area contributed by atoms with Gasteiger partial charge in [-0.2, -0.15) is 5.10 Å². The van der Waals surface area contributed by atoms with Gasteiger partial charge in [-0.25, -0.2) is 13.9 Å². The molecule has 0 saturated carbocycles. The van der Waals surface area contributed by atoms with Gasteiger partial charge in [0.05, 0.1) is 22.8 Å². The second-order valence-corrected chi connectivity index (χ2v) is 7.86. The zero-order valence-electron chi connectivity index (χ0n) is 17.3. The smallest absolute Gasteiger partial charge is 0.331 e. The van der Waals surface area contributed by atoms with E-state index in [4.69, 9.17) is 4.74 Å². The predicted molar refractivity (Wildman–Crippen MR) is 120 cm³/mol. The van der Waals surface area contributed by atoms with Crippen LogP contribution in [0.1, 0.15) is 22.5 Å². The lowest BCUT2D eigenvalue weighted by molar-refractivity contribution is -0.142. The first-order valence-electron chi connectivity index (χ1n) is 9.47. The summed E-state index contributed by atoms with van der Waals surface area (Å²) in [5, 5.41) is 7.22. The average molecular weight is 486 g/mol. The standard InChI is InChI=1S/C23H21BrFN3O3/c1-14-4-8-19(9-5-14)28-16(3)23(15(2)27-28)26-21(29)13-31-22(30)11-6-17-12-18(24)7-10-20(17)25/h4-12H,13H2,1-3H3,(H,26,29)/b11-6+. The number of anilines is 1. The van der Waals surface area contributed by atoms with Crippen LogP contribution in [0, 0.1) is 26.6 Å². The van der Waals surface area contributed by atoms with Crippen molar-refractivity contribution in [2.45, 2.75) is 20.8 Å². The van der Waals surface area contributed by atoms with E-state index in [-0.39, 0.29) is 5.56 Å². The monoisotopic (exact) mass is 485 g/mol. The summed E-state index contributed by atoms with van der Waals surface area (Å²) in [6.07, 6.45) is 2.37. The average Bonchev–Trinajstić information content (AvgIpc) is 3.01. The molecule has 0 unspecified atom stereocenters. The van der Waals surface area contributed by atoms with E-state index in [1.54, 1.807) is 17.7 Å². The molecule has 0 aliphatic heterocycles. The van der Waals surface area contributed by atoms with Crippen LogP contribution in [-0.4, -0.2) is 28.3 Å². The number of esters is 1. The molecule has 2 aromatic carbocycles. The van der Waals surface area contributed by atoms with E-state index < -0.39 is 24.3 Å². The van der Waals surface area contributed by atoms with E-state index in [0.717, 1.165) is 23.0 Å². The van der Waals surface area contributed by atoms with Crippen molar-refractivity contribution in [2.24, 2.45) is 0 Å². The number of carbonyl (C=O) groups is 2. The molecule has 0 bridgehead atoms. The van der Waals surface area contributed by atoms with Crippen molar-refractivity contribution < 1.29 is 18.7 Å². The van der Waals surface area contributed by atoms with Crippen LogP contribution in [0.15, 0.2) is 53.0 Å². The number of benzene rings is 2. The van der Waals surface area contributed by atoms with Crippen molar-refractivity contribution in [2.75, 3.05) is 11.9 Å². The molecule has 0 radical (unpaired) electrons. The summed E-state index contributed by atoms with van der Waals surface area (Å²) in [7, 11) is 0. The summed E-state index contributed by atoms with van der Waals surface area (Å²) in [5.74, 6) is -1.72. The maximum Gasteiger partial charge on any atom is 0.331 e. The van der Waals surface area contributed by atoms with Gasteiger partial charge in [0, 0.05) is 16.1 Å². The summed E-state index contributed by atoms with van der Waals surface area (Å²) in [4.78, 5) is 24.1. The van der Waals surface area contributed by atoms with Gasteiger partial charge in [0.15, 0.2) is 6.61 Å². The molecule has 1 heterocycles. The summed E-state index contributed by atoms with van der Waals surface area (Å²) in [6.45, 7) is 5.16. The third-order valence-corrected chi connectivity index (χ3v) is 5.03. The maximum atomic E-state index is 13.7. The van der Waals surface area contributed by atoms with Gasteiger partial charge < -0.3 is 10.1 Å². The molecule has 1 amide bonds. The highest BCUT2D eigenvalue weighted by molar-refractivity contribution is 9.10. The van der Waals surface area contributed by atoms with Crippen LogP contribution in [0.2, 0.25) is 0 Å². The fourth-order valence-electron chi connectivity index (χ4n) is 2.92. The maximum absolute atomic E-state index is 13.7. The summed E-state index contributed by atoms with van der Waals surface area (Å²) in [5.41, 5.74) is 4.20. The van der Waals surface area contributed by atoms with E-state index in [0.29, 0.717) is 15.9 Å². The molecule has 31 heavy (non-hydrogen) atoms. The second-order valence-electron chi connectivity index (χ2n) is 6.95. The van der Waals surface area contributed by atoms with Gasteiger partial charge in [-0.05, 0) is 57.2 Å². The molecule has 0 aliphatic carbocycles. The van der Waals surface area contributed by atoms with Crippen molar-refractivity contribution >= 4 is 39.6 Å². The minimum Gasteiger partial charge on any atom is -0.452 e. The van der Waals surface area contributed by atoms with Crippen molar-refractivity contribution in [1.29, 1.82) is 0 Å². The normalized spacial score (nSPS) is 11.0. The minimum atomic E-state index is -0.752. The van der Waals surface area contributed by atoms with E-state index >= 15 is 0 Å². The third-order valence-electron chi connectivity index (χ3n) is 4.54. The van der Waals surface area contributed by atoms with Crippen LogP contribution < -0.4 is 5.32 Å². The summed E-state index contributed by atoms with van der Waals surface area (Å²) < 4.78 is 21.1. The number of carbonyl (C=O) groups excluding carboxylic acids is 2. The molecule has 0 fully saturated rings. The number of amides is 1. The molecule has 160 valence electrons. The Labute approximate surface area is 187 Å². The SMILES string of the molecule is Cc1ccc(-n2nc(C)c(NC(=O)COC(=O)/C=C/c3cc(Br)ccc3F)c2C)cc1. The number of rotatable bonds is 6. The van der Waals surface area contributed by atoms with E-state index in [9.17, 15) is 14.0 Å². The first-order valence-corrected chi connectivity index (χ1v) is 10.3. The Balaban J connectivity index is 1.61. The number of nitrogens with zero attached hydrogens (tertiary/aromatic N) is 2. The number of ether oxygens (including phenoxy) is 1. The molecule has 1 aromatic heterocycles. The predicted octanol–water partition coefficient (Wildman–Crippen LogP) is 4.89. The number of halogens is 2. The molecule has 0 atom stereocenters. The van der Waals surface area contributed by atoms with E-state index in [1.807, 2.05) is 38.1 Å². The molecular weight excluding hydrogens is 465 g/mol. The van der Waals surface area contributed by atoms with Crippen LogP contribution in [0.3, 0.4) is 0 Å². The van der Waals surface area contributed by atoms with Crippen LogP contribution in [0.4, 0.5) is 10.1 Å². The molecule has 0 saturated heterocycles. The molecule has 6 nitrogen and oxygen atoms in total. The fourth-order valence-corrected chi connectivity index (χ4v) is 3.30. The number of hydrogen-bond acceptors (Lipinski definition) is 4. The Kier molecular flexibility index (Phi) is 7.02. The Morgan fingerprint density at radius 3 is 2.58 bits per heavy atom. The van der Waals surface area contributed by atoms with E-state index in [1.165, 1.54) is 18.2 Å². The largest absolute Gasteiger partial charge is 0.452 e. The first-order chi connectivity index (χ1) is 14.7. The van der Waals surface area contributed by atoms with Gasteiger partial charge in [-0.15, -0.1) is 0 Å². The molecule has 3 aromatic rings. The highest BCUT2D eigenvalue weighted by Crippen LogP contribution is 2.23. The fraction of sp³-hybridized carbons (Fsp3) is 0.174. The third kappa shape index (κ3) is 5.67. The van der Waals surface area contributed by atoms with Crippen molar-refractivity contribution in [3.63, 3.8) is 0 Å². The van der Waals surface area contributed by atoms with Crippen LogP contribution in [-0.2, 0) is 14.3 Å². The summed E-state index contributed by atoms with van der Waals surface area (Å²) >= 11 is 3.24. The van der Waals surface area contributed by atoms with Gasteiger partial charge >= 0.3 is 5.97 Å². The van der Waals surface area contributed by atoms with Crippen LogP contribution in [0.25, 0.3) is 11.8 Å². The number of hydrogen-bond donors (Lipinski definition) is 1. The quantitative estimate of drug-likeness (QED) is 0.398. The Morgan fingerprint density at radius 2 is 1.87 bits per heavy atom. The van der Waals surface area contributed by atoms with Crippen molar-refractivity contribution in [3.8, 4) is 5.69 Å². The lowest BCUT2D eigenvalue weighted by Crippen LogP contribution is -2.20. The number of aryl methyl sites for hydroxylation is 2. The van der Waals surface area contributed by atoms with Crippen LogP contribution >= 0.6 is 15.9 Å². The van der Waals surface area contributed by atoms with E-state index in [2.05, 4.69) is 26.3 Å². The topological polar surface area (TPSA) is 73.2 Å². The van der Waals surface area contributed by atoms with Gasteiger partial charge in [0.1, 0.15) is 5.82 Å². The molecule has 0 spiro atoms. The molecular formula is C23H21BrFN3O3. The van der Waals surface area contributed by atoms with Crippen molar-refractivity contribution in [3.05, 3.63) is 81.3 Å². The lowest BCUT2D eigenvalue weighted by Gasteiger charge is -2.07. The Hall–Kier alpha value is -3.26. The minimum absolute atomic E-state index is 0.227. The molecule has 8 heteroatoms. The van der Waals surface area contributed by atoms with Gasteiger partial charge in [-0.3, -0.25) is 4.79 Å². The van der Waals surface area contributed by atoms with Gasteiger partial charge in [0.2, 0.25) is 0 Å². The molecule has 0 aliphatic rings. The molecule has 1 N–H and O–H groups in total. The molecule has 3 rings (SSSR count). The first kappa shape index (κ1) is 22.4. The number of nitrogens with one attached hydrogen (secondary N) is 1. The Morgan fingerprint density at radius 1 is 1.16 bits per heavy atom. The Bertz CT molecular complexity index is 1150. The van der Waals surface area contributed by atoms with Gasteiger partial charge in [0.25, 0.3) is 5.91 Å². The van der Waals surface area contributed by atoms with Crippen LogP contribution in [0.5, 0.6) is 0 Å². The highest BCUT2D eigenvalue weighted by atomic mass is 79.9.